The van der Waals surface area contributed by atoms with Gasteiger partial charge in [-0.25, -0.2) is 4.79 Å². The third-order valence-electron chi connectivity index (χ3n) is 2.63. The molecule has 0 bridgehead atoms. The van der Waals surface area contributed by atoms with Crippen LogP contribution in [-0.4, -0.2) is 18.0 Å². The van der Waals surface area contributed by atoms with Crippen LogP contribution < -0.4 is 0 Å². The molecule has 21 heavy (non-hydrogen) atoms. The predicted octanol–water partition coefficient (Wildman–Crippen LogP) is 4.14. The molecule has 2 aromatic carbocycles. The first-order valence-electron chi connectivity index (χ1n) is 5.81. The maximum absolute atomic E-state index is 11.4. The van der Waals surface area contributed by atoms with E-state index in [1.54, 1.807) is 24.3 Å². The van der Waals surface area contributed by atoms with E-state index in [0.717, 1.165) is 13.4 Å². The van der Waals surface area contributed by atoms with Gasteiger partial charge in [0.2, 0.25) is 0 Å². The predicted molar refractivity (Wildman–Crippen MR) is 87.7 cm³/mol. The summed E-state index contributed by atoms with van der Waals surface area (Å²) in [5.41, 5.74) is 0.560. The van der Waals surface area contributed by atoms with Crippen LogP contribution in [0.4, 0.5) is 5.69 Å². The average Bonchev–Trinajstić information content (AvgIpc) is 2.49. The molecule has 0 N–H and O–H groups in total. The van der Waals surface area contributed by atoms with Gasteiger partial charge in [0, 0.05) is 25.5 Å². The number of hydrogen-bond donors (Lipinski definition) is 0. The van der Waals surface area contributed by atoms with Crippen molar-refractivity contribution in [2.45, 2.75) is 9.79 Å². The second kappa shape index (κ2) is 6.90. The monoisotopic (exact) mass is 415 g/mol. The van der Waals surface area contributed by atoms with Gasteiger partial charge in [-0.3, -0.25) is 10.1 Å². The summed E-state index contributed by atoms with van der Waals surface area (Å²) in [5.74, 6) is -0.375. The molecule has 0 aromatic heterocycles. The van der Waals surface area contributed by atoms with Crippen molar-refractivity contribution in [3.63, 3.8) is 0 Å². The molecular weight excluding hydrogens is 405 g/mol. The van der Waals surface area contributed by atoms with Crippen molar-refractivity contribution >= 4 is 46.0 Å². The Morgan fingerprint density at radius 1 is 1.24 bits per heavy atom. The molecule has 2 rings (SSSR count). The number of carbonyl (C=O) groups is 1. The molecule has 0 saturated carbocycles. The Labute approximate surface area is 139 Å². The van der Waals surface area contributed by atoms with Crippen molar-refractivity contribution in [2.24, 2.45) is 0 Å². The first kappa shape index (κ1) is 15.8. The quantitative estimate of drug-likeness (QED) is 0.325. The number of benzene rings is 2. The van der Waals surface area contributed by atoms with Crippen molar-refractivity contribution in [3.8, 4) is 0 Å². The molecule has 0 aliphatic heterocycles. The highest BCUT2D eigenvalue weighted by molar-refractivity contribution is 14.1. The van der Waals surface area contributed by atoms with Crippen LogP contribution in [0.15, 0.2) is 52.3 Å². The summed E-state index contributed by atoms with van der Waals surface area (Å²) >= 11 is 3.62. The van der Waals surface area contributed by atoms with Crippen LogP contribution in [0.1, 0.15) is 10.4 Å². The van der Waals surface area contributed by atoms with Gasteiger partial charge in [-0.1, -0.05) is 11.8 Å². The minimum Gasteiger partial charge on any atom is -0.465 e. The van der Waals surface area contributed by atoms with Crippen molar-refractivity contribution in [3.05, 3.63) is 61.7 Å². The van der Waals surface area contributed by atoms with E-state index in [0.29, 0.717) is 5.56 Å². The topological polar surface area (TPSA) is 69.4 Å². The molecule has 0 heterocycles. The van der Waals surface area contributed by atoms with Crippen LogP contribution in [0.2, 0.25) is 0 Å². The van der Waals surface area contributed by atoms with Crippen molar-refractivity contribution in [1.29, 1.82) is 0 Å². The molecule has 0 unspecified atom stereocenters. The van der Waals surface area contributed by atoms with Gasteiger partial charge in [0.15, 0.2) is 0 Å². The molecule has 0 fully saturated rings. The van der Waals surface area contributed by atoms with E-state index >= 15 is 0 Å². The van der Waals surface area contributed by atoms with E-state index in [4.69, 9.17) is 0 Å². The third-order valence-corrected chi connectivity index (χ3v) is 4.97. The van der Waals surface area contributed by atoms with Crippen LogP contribution in [0.25, 0.3) is 0 Å². The van der Waals surface area contributed by atoms with Gasteiger partial charge < -0.3 is 4.74 Å². The van der Waals surface area contributed by atoms with E-state index in [2.05, 4.69) is 27.3 Å². The Hall–Kier alpha value is -1.61. The summed E-state index contributed by atoms with van der Waals surface area (Å²) in [7, 11) is 1.34. The number of methoxy groups -OCH3 is 1. The molecule has 0 amide bonds. The van der Waals surface area contributed by atoms with Crippen LogP contribution in [0.5, 0.6) is 0 Å². The molecule has 2 aromatic rings. The highest BCUT2D eigenvalue weighted by Gasteiger charge is 2.10. The van der Waals surface area contributed by atoms with Crippen LogP contribution in [0.3, 0.4) is 0 Å². The zero-order chi connectivity index (χ0) is 15.4. The fraction of sp³-hybridized carbons (Fsp3) is 0.0714. The second-order valence-electron chi connectivity index (χ2n) is 3.99. The van der Waals surface area contributed by atoms with Crippen LogP contribution in [0, 0.1) is 13.7 Å². The van der Waals surface area contributed by atoms with Crippen molar-refractivity contribution < 1.29 is 14.5 Å². The standard InChI is InChI=1S/C14H10INO4S/c1-20-14(17)9-2-7-13(12(15)8-9)21-11-5-3-10(4-6-11)16(18)19/h2-8H,1H3. The van der Waals surface area contributed by atoms with Crippen LogP contribution in [-0.2, 0) is 4.74 Å². The SMILES string of the molecule is COC(=O)c1ccc(Sc2ccc([N+](=O)[O-])cc2)c(I)c1. The first-order valence-corrected chi connectivity index (χ1v) is 7.71. The summed E-state index contributed by atoms with van der Waals surface area (Å²) < 4.78 is 5.59. The number of non-ortho nitro benzene ring substituents is 1. The number of nitrogens with zero attached hydrogens (tertiary/aromatic N) is 1. The number of nitro benzene ring substituents is 1. The third kappa shape index (κ3) is 3.94. The molecule has 0 aliphatic carbocycles. The Balaban J connectivity index is 2.19. The van der Waals surface area contributed by atoms with E-state index in [9.17, 15) is 14.9 Å². The van der Waals surface area contributed by atoms with Gasteiger partial charge in [0.1, 0.15) is 0 Å². The molecule has 0 radical (unpaired) electrons. The molecule has 0 atom stereocenters. The zero-order valence-corrected chi connectivity index (χ0v) is 13.9. The fourth-order valence-corrected chi connectivity index (χ4v) is 3.26. The normalized spacial score (nSPS) is 10.2. The Morgan fingerprint density at radius 2 is 1.90 bits per heavy atom. The highest BCUT2D eigenvalue weighted by atomic mass is 127. The van der Waals surface area contributed by atoms with E-state index < -0.39 is 4.92 Å². The molecular formula is C14H10INO4S. The molecule has 7 heteroatoms. The van der Waals surface area contributed by atoms with Gasteiger partial charge in [-0.15, -0.1) is 0 Å². The Morgan fingerprint density at radius 3 is 2.43 bits per heavy atom. The number of esters is 1. The number of carbonyl (C=O) groups excluding carboxylic acids is 1. The Bertz CT molecular complexity index is 688. The molecule has 5 nitrogen and oxygen atoms in total. The van der Waals surface area contributed by atoms with Crippen LogP contribution >= 0.6 is 34.4 Å². The van der Waals surface area contributed by atoms with Crippen molar-refractivity contribution in [2.75, 3.05) is 7.11 Å². The lowest BCUT2D eigenvalue weighted by molar-refractivity contribution is -0.384. The lowest BCUT2D eigenvalue weighted by Crippen LogP contribution is -2.01. The van der Waals surface area contributed by atoms with Gasteiger partial charge in [0.25, 0.3) is 5.69 Å². The van der Waals surface area contributed by atoms with Gasteiger partial charge in [-0.2, -0.15) is 0 Å². The molecule has 0 saturated heterocycles. The summed E-state index contributed by atoms with van der Waals surface area (Å²) in [6.07, 6.45) is 0. The summed E-state index contributed by atoms with van der Waals surface area (Å²) in [4.78, 5) is 23.5. The van der Waals surface area contributed by atoms with E-state index in [1.807, 2.05) is 6.07 Å². The van der Waals surface area contributed by atoms with Gasteiger partial charge in [0.05, 0.1) is 17.6 Å². The largest absolute Gasteiger partial charge is 0.465 e. The smallest absolute Gasteiger partial charge is 0.337 e. The number of halogens is 1. The number of rotatable bonds is 4. The number of ether oxygens (including phenoxy) is 1. The summed E-state index contributed by atoms with van der Waals surface area (Å²) in [6, 6.07) is 11.6. The zero-order valence-electron chi connectivity index (χ0n) is 10.9. The highest BCUT2D eigenvalue weighted by Crippen LogP contribution is 2.32. The van der Waals surface area contributed by atoms with E-state index in [-0.39, 0.29) is 11.7 Å². The number of hydrogen-bond acceptors (Lipinski definition) is 5. The lowest BCUT2D eigenvalue weighted by Gasteiger charge is -2.06. The van der Waals surface area contributed by atoms with Gasteiger partial charge in [-0.05, 0) is 52.9 Å². The van der Waals surface area contributed by atoms with Crippen molar-refractivity contribution in [1.82, 2.24) is 0 Å². The molecule has 0 spiro atoms. The average molecular weight is 415 g/mol. The lowest BCUT2D eigenvalue weighted by atomic mass is 10.2. The summed E-state index contributed by atoms with van der Waals surface area (Å²) in [6.45, 7) is 0. The van der Waals surface area contributed by atoms with Gasteiger partial charge >= 0.3 is 5.97 Å². The minimum absolute atomic E-state index is 0.0649. The Kier molecular flexibility index (Phi) is 5.18. The molecule has 108 valence electrons. The molecule has 0 aliphatic rings. The maximum atomic E-state index is 11.4. The first-order chi connectivity index (χ1) is 10.0. The summed E-state index contributed by atoms with van der Waals surface area (Å²) in [5, 5.41) is 10.6. The van der Waals surface area contributed by atoms with E-state index in [1.165, 1.54) is 31.0 Å². The minimum atomic E-state index is -0.427. The maximum Gasteiger partial charge on any atom is 0.337 e. The fourth-order valence-electron chi connectivity index (χ4n) is 1.59. The second-order valence-corrected chi connectivity index (χ2v) is 6.27. The number of nitro groups is 1.